The number of benzene rings is 2. The van der Waals surface area contributed by atoms with E-state index in [2.05, 4.69) is 53.4 Å². The van der Waals surface area contributed by atoms with Crippen LogP contribution in [0.25, 0.3) is 10.3 Å². The van der Waals surface area contributed by atoms with Gasteiger partial charge in [-0.25, -0.2) is 0 Å². The second kappa shape index (κ2) is 10.6. The van der Waals surface area contributed by atoms with Crippen molar-refractivity contribution in [2.24, 2.45) is 0 Å². The minimum Gasteiger partial charge on any atom is -0.480 e. The number of hydrogen-bond donors (Lipinski definition) is 1. The molecule has 0 spiro atoms. The molecule has 10 heteroatoms. The highest BCUT2D eigenvalue weighted by Crippen LogP contribution is 2.50. The standard InChI is InChI=1S/C28H27N3O3S4/c1-2-31-28(35)37-27(38-31)26-30(16-24(32)33)25(34)23(36-26)14-18-11-12-22-20(13-18)19-9-6-10-21(19)29(22)15-17-7-4-3-5-8-17/h3-5,7-8,11-14,19,21H,2,6,9-10,15-16H2,1H3,(H,32,33)/b23-14+,27-26-/t19-,21-/m0/s1. The topological polar surface area (TPSA) is 65.8 Å². The van der Waals surface area contributed by atoms with Gasteiger partial charge in [0.15, 0.2) is 4.32 Å². The van der Waals surface area contributed by atoms with Crippen LogP contribution in [0, 0.1) is 0 Å². The number of aromatic nitrogens is 1. The Balaban J connectivity index is 1.41. The highest BCUT2D eigenvalue weighted by atomic mass is 32.2. The van der Waals surface area contributed by atoms with Crippen LogP contribution < -0.4 is 19.7 Å². The highest BCUT2D eigenvalue weighted by Gasteiger charge is 2.41. The molecule has 38 heavy (non-hydrogen) atoms. The number of thiocarbonyl (C=S) groups is 1. The summed E-state index contributed by atoms with van der Waals surface area (Å²) in [6.07, 6.45) is 5.53. The van der Waals surface area contributed by atoms with E-state index < -0.39 is 5.97 Å². The first kappa shape index (κ1) is 25.7. The van der Waals surface area contributed by atoms with Crippen LogP contribution in [0.4, 0.5) is 5.69 Å². The molecule has 1 saturated carbocycles. The molecule has 1 saturated heterocycles. The van der Waals surface area contributed by atoms with Gasteiger partial charge < -0.3 is 10.0 Å². The van der Waals surface area contributed by atoms with Crippen molar-refractivity contribution in [3.63, 3.8) is 0 Å². The number of rotatable bonds is 6. The summed E-state index contributed by atoms with van der Waals surface area (Å²) in [5.74, 6) is -0.531. The van der Waals surface area contributed by atoms with Crippen molar-refractivity contribution in [3.8, 4) is 0 Å². The van der Waals surface area contributed by atoms with Crippen LogP contribution in [-0.4, -0.2) is 36.9 Å². The Morgan fingerprint density at radius 1 is 1.18 bits per heavy atom. The molecule has 0 bridgehead atoms. The zero-order valence-electron chi connectivity index (χ0n) is 20.8. The average Bonchev–Trinajstić information content (AvgIpc) is 3.66. The molecule has 196 valence electrons. The number of carboxylic acid groups (broad SMARTS) is 1. The van der Waals surface area contributed by atoms with Gasteiger partial charge in [-0.1, -0.05) is 55.0 Å². The number of carbonyl (C=O) groups is 1. The fourth-order valence-corrected chi connectivity index (χ4v) is 9.86. The van der Waals surface area contributed by atoms with Crippen molar-refractivity contribution in [3.05, 3.63) is 84.8 Å². The molecular formula is C28H27N3O3S4. The first-order valence-corrected chi connectivity index (χ1v) is 15.5. The lowest BCUT2D eigenvalue weighted by Crippen LogP contribution is -2.34. The fraction of sp³-hybridized carbons (Fsp3) is 0.321. The van der Waals surface area contributed by atoms with Gasteiger partial charge in [-0.3, -0.25) is 18.5 Å². The van der Waals surface area contributed by atoms with Crippen molar-refractivity contribution < 1.29 is 9.90 Å². The summed E-state index contributed by atoms with van der Waals surface area (Å²) in [5.41, 5.74) is 4.67. The molecule has 1 aromatic heterocycles. The lowest BCUT2D eigenvalue weighted by Gasteiger charge is -2.27. The van der Waals surface area contributed by atoms with Gasteiger partial charge in [-0.05, 0) is 78.4 Å². The molecule has 3 aromatic rings. The van der Waals surface area contributed by atoms with Crippen LogP contribution in [0.15, 0.2) is 53.3 Å². The van der Waals surface area contributed by atoms with Gasteiger partial charge in [0.1, 0.15) is 15.4 Å². The third-order valence-corrected chi connectivity index (χ3v) is 11.7. The third kappa shape index (κ3) is 4.72. The summed E-state index contributed by atoms with van der Waals surface area (Å²) in [6.45, 7) is 3.29. The SMILES string of the molecule is CCN1S/C(=c2\s/c(=C/c3ccc4c(c3)[C@@H]3CCC[C@@H]3N4Cc3ccccc3)c(=O)n2CC(=O)O)SC1=S. The molecule has 6 nitrogen and oxygen atoms in total. The van der Waals surface area contributed by atoms with Crippen molar-refractivity contribution >= 4 is 73.6 Å². The summed E-state index contributed by atoms with van der Waals surface area (Å²) >= 11 is 9.71. The predicted octanol–water partition coefficient (Wildman–Crippen LogP) is 4.55. The van der Waals surface area contributed by atoms with Crippen LogP contribution in [0.5, 0.6) is 0 Å². The molecular weight excluding hydrogens is 555 g/mol. The Kier molecular flexibility index (Phi) is 7.15. The molecule has 3 heterocycles. The second-order valence-electron chi connectivity index (χ2n) is 9.68. The Morgan fingerprint density at radius 3 is 2.74 bits per heavy atom. The Bertz CT molecular complexity index is 1600. The molecule has 0 radical (unpaired) electrons. The molecule has 3 aliphatic rings. The molecule has 1 aliphatic carbocycles. The number of anilines is 1. The summed E-state index contributed by atoms with van der Waals surface area (Å²) in [6, 6.07) is 17.6. The van der Waals surface area contributed by atoms with E-state index in [1.165, 1.54) is 75.7 Å². The summed E-state index contributed by atoms with van der Waals surface area (Å²) < 4.78 is 6.14. The number of hydrogen-bond acceptors (Lipinski definition) is 7. The third-order valence-electron chi connectivity index (χ3n) is 7.37. The maximum atomic E-state index is 13.4. The zero-order chi connectivity index (χ0) is 26.4. The summed E-state index contributed by atoms with van der Waals surface area (Å²) in [5, 5.41) is 9.50. The van der Waals surface area contributed by atoms with Gasteiger partial charge in [0.05, 0.1) is 4.53 Å². The van der Waals surface area contributed by atoms with Crippen LogP contribution in [0.3, 0.4) is 0 Å². The zero-order valence-corrected chi connectivity index (χ0v) is 24.1. The van der Waals surface area contributed by atoms with E-state index in [1.54, 1.807) is 0 Å². The molecule has 2 atom stereocenters. The minimum atomic E-state index is -1.04. The lowest BCUT2D eigenvalue weighted by atomic mass is 9.96. The van der Waals surface area contributed by atoms with Crippen molar-refractivity contribution in [1.82, 2.24) is 8.87 Å². The number of aliphatic carboxylic acids is 1. The largest absolute Gasteiger partial charge is 0.480 e. The molecule has 0 amide bonds. The first-order chi connectivity index (χ1) is 18.4. The van der Waals surface area contributed by atoms with Crippen LogP contribution in [0.1, 0.15) is 48.8 Å². The number of carboxylic acids is 1. The molecule has 2 aromatic carbocycles. The van der Waals surface area contributed by atoms with Crippen molar-refractivity contribution in [2.45, 2.75) is 51.2 Å². The monoisotopic (exact) mass is 581 g/mol. The number of fused-ring (bicyclic) bond motifs is 3. The van der Waals surface area contributed by atoms with Crippen molar-refractivity contribution in [1.29, 1.82) is 0 Å². The van der Waals surface area contributed by atoms with Crippen molar-refractivity contribution in [2.75, 3.05) is 11.4 Å². The quantitative estimate of drug-likeness (QED) is 0.336. The molecule has 0 unspecified atom stereocenters. The van der Waals surface area contributed by atoms with E-state index in [4.69, 9.17) is 12.2 Å². The minimum absolute atomic E-state index is 0.271. The maximum Gasteiger partial charge on any atom is 0.323 e. The van der Waals surface area contributed by atoms with Crippen LogP contribution in [0.2, 0.25) is 0 Å². The average molecular weight is 582 g/mol. The van der Waals surface area contributed by atoms with Gasteiger partial charge in [0.25, 0.3) is 5.56 Å². The van der Waals surface area contributed by atoms with Gasteiger partial charge >= 0.3 is 5.97 Å². The van der Waals surface area contributed by atoms with Gasteiger partial charge in [-0.15, -0.1) is 11.3 Å². The fourth-order valence-electron chi connectivity index (χ4n) is 5.72. The molecule has 2 fully saturated rings. The Hall–Kier alpha value is -2.53. The van der Waals surface area contributed by atoms with E-state index in [-0.39, 0.29) is 12.1 Å². The van der Waals surface area contributed by atoms with E-state index in [0.717, 1.165) is 27.2 Å². The smallest absolute Gasteiger partial charge is 0.323 e. The van der Waals surface area contributed by atoms with E-state index in [1.807, 2.05) is 17.3 Å². The van der Waals surface area contributed by atoms with Crippen LogP contribution >= 0.6 is 47.3 Å². The second-order valence-corrected chi connectivity index (χ2v) is 13.6. The van der Waals surface area contributed by atoms with Crippen LogP contribution in [-0.2, 0) is 17.9 Å². The normalized spacial score (nSPS) is 22.3. The first-order valence-electron chi connectivity index (χ1n) is 12.7. The van der Waals surface area contributed by atoms with Gasteiger partial charge in [0.2, 0.25) is 0 Å². The summed E-state index contributed by atoms with van der Waals surface area (Å²) in [4.78, 5) is 27.5. The number of thioether (sulfide) groups is 1. The lowest BCUT2D eigenvalue weighted by molar-refractivity contribution is -0.137. The maximum absolute atomic E-state index is 13.4. The predicted molar refractivity (Wildman–Crippen MR) is 162 cm³/mol. The number of thiazole rings is 1. The van der Waals surface area contributed by atoms with E-state index >= 15 is 0 Å². The number of nitrogens with zero attached hydrogens (tertiary/aromatic N) is 3. The van der Waals surface area contributed by atoms with Gasteiger partial charge in [0, 0.05) is 30.7 Å². The molecule has 1 N–H and O–H groups in total. The molecule has 6 rings (SSSR count). The summed E-state index contributed by atoms with van der Waals surface area (Å²) in [7, 11) is 0. The van der Waals surface area contributed by atoms with E-state index in [0.29, 0.717) is 21.2 Å². The van der Waals surface area contributed by atoms with E-state index in [9.17, 15) is 14.7 Å². The highest BCUT2D eigenvalue weighted by molar-refractivity contribution is 8.44. The van der Waals surface area contributed by atoms with Gasteiger partial charge in [-0.2, -0.15) is 0 Å². The molecule has 2 aliphatic heterocycles. The Labute approximate surface area is 238 Å². The Morgan fingerprint density at radius 2 is 2.00 bits per heavy atom.